The van der Waals surface area contributed by atoms with E-state index in [1.165, 1.54) is 5.56 Å². The first-order valence-electron chi connectivity index (χ1n) is 7.18. The van der Waals surface area contributed by atoms with Gasteiger partial charge in [0.05, 0.1) is 6.26 Å². The standard InChI is InChI=1S/C17H19NO3/c1-2-18-10-15-14-7-3-4-8-16(14)21-17(15)12-19-11-13-6-5-9-20-13/h3-9,18H,2,10-12H2,1H3. The molecule has 0 aliphatic heterocycles. The maximum Gasteiger partial charge on any atom is 0.135 e. The summed E-state index contributed by atoms with van der Waals surface area (Å²) in [7, 11) is 0. The summed E-state index contributed by atoms with van der Waals surface area (Å²) in [5.74, 6) is 1.70. The van der Waals surface area contributed by atoms with Crippen LogP contribution in [0.4, 0.5) is 0 Å². The van der Waals surface area contributed by atoms with Gasteiger partial charge in [-0.05, 0) is 24.7 Å². The minimum atomic E-state index is 0.441. The Kier molecular flexibility index (Phi) is 4.38. The van der Waals surface area contributed by atoms with E-state index in [1.807, 2.05) is 30.3 Å². The second-order valence-corrected chi connectivity index (χ2v) is 4.85. The Balaban J connectivity index is 1.76. The van der Waals surface area contributed by atoms with Crippen molar-refractivity contribution >= 4 is 11.0 Å². The Morgan fingerprint density at radius 2 is 2.00 bits per heavy atom. The Morgan fingerprint density at radius 3 is 2.81 bits per heavy atom. The number of furan rings is 2. The van der Waals surface area contributed by atoms with Crippen LogP contribution in [-0.4, -0.2) is 6.54 Å². The van der Waals surface area contributed by atoms with Crippen molar-refractivity contribution in [1.82, 2.24) is 5.32 Å². The lowest BCUT2D eigenvalue weighted by Gasteiger charge is -2.04. The van der Waals surface area contributed by atoms with Crippen molar-refractivity contribution in [2.75, 3.05) is 6.54 Å². The number of fused-ring (bicyclic) bond motifs is 1. The molecule has 0 aliphatic carbocycles. The van der Waals surface area contributed by atoms with E-state index in [0.717, 1.165) is 35.6 Å². The number of benzene rings is 1. The summed E-state index contributed by atoms with van der Waals surface area (Å²) < 4.78 is 16.9. The number of para-hydroxylation sites is 1. The molecule has 1 aromatic carbocycles. The molecule has 3 rings (SSSR count). The molecule has 0 amide bonds. The SMILES string of the molecule is CCNCc1c(COCc2ccco2)oc2ccccc12. The van der Waals surface area contributed by atoms with Crippen LogP contribution in [0, 0.1) is 0 Å². The molecular formula is C17H19NO3. The third-order valence-electron chi connectivity index (χ3n) is 3.39. The van der Waals surface area contributed by atoms with E-state index in [4.69, 9.17) is 13.6 Å². The lowest BCUT2D eigenvalue weighted by atomic mass is 10.1. The van der Waals surface area contributed by atoms with Crippen LogP contribution in [0.25, 0.3) is 11.0 Å². The minimum absolute atomic E-state index is 0.441. The summed E-state index contributed by atoms with van der Waals surface area (Å²) in [5.41, 5.74) is 2.08. The van der Waals surface area contributed by atoms with E-state index in [9.17, 15) is 0 Å². The first-order valence-corrected chi connectivity index (χ1v) is 7.18. The number of ether oxygens (including phenoxy) is 1. The summed E-state index contributed by atoms with van der Waals surface area (Å²) in [6, 6.07) is 11.8. The molecule has 0 radical (unpaired) electrons. The lowest BCUT2D eigenvalue weighted by Crippen LogP contribution is -2.12. The number of nitrogens with one attached hydrogen (secondary N) is 1. The van der Waals surface area contributed by atoms with E-state index >= 15 is 0 Å². The monoisotopic (exact) mass is 285 g/mol. The second kappa shape index (κ2) is 6.61. The van der Waals surface area contributed by atoms with Crippen LogP contribution in [0.15, 0.2) is 51.5 Å². The predicted octanol–water partition coefficient (Wildman–Crippen LogP) is 3.85. The van der Waals surface area contributed by atoms with Gasteiger partial charge in [0.25, 0.3) is 0 Å². The Hall–Kier alpha value is -2.04. The molecule has 110 valence electrons. The maximum absolute atomic E-state index is 5.92. The molecule has 0 saturated heterocycles. The van der Waals surface area contributed by atoms with Crippen molar-refractivity contribution in [3.8, 4) is 0 Å². The van der Waals surface area contributed by atoms with Gasteiger partial charge in [0.2, 0.25) is 0 Å². The molecule has 3 aromatic rings. The van der Waals surface area contributed by atoms with E-state index in [0.29, 0.717) is 13.2 Å². The van der Waals surface area contributed by atoms with Crippen LogP contribution in [0.5, 0.6) is 0 Å². The maximum atomic E-state index is 5.92. The molecule has 0 atom stereocenters. The normalized spacial score (nSPS) is 11.3. The van der Waals surface area contributed by atoms with Gasteiger partial charge in [-0.25, -0.2) is 0 Å². The van der Waals surface area contributed by atoms with Crippen LogP contribution >= 0.6 is 0 Å². The fraction of sp³-hybridized carbons (Fsp3) is 0.294. The fourth-order valence-corrected chi connectivity index (χ4v) is 2.35. The Morgan fingerprint density at radius 1 is 1.10 bits per heavy atom. The Labute approximate surface area is 123 Å². The third-order valence-corrected chi connectivity index (χ3v) is 3.39. The average molecular weight is 285 g/mol. The summed E-state index contributed by atoms with van der Waals surface area (Å²) in [6.45, 7) is 4.69. The van der Waals surface area contributed by atoms with Crippen molar-refractivity contribution < 1.29 is 13.6 Å². The van der Waals surface area contributed by atoms with Crippen LogP contribution in [-0.2, 0) is 24.5 Å². The highest BCUT2D eigenvalue weighted by Gasteiger charge is 2.13. The van der Waals surface area contributed by atoms with Gasteiger partial charge in [-0.2, -0.15) is 0 Å². The highest BCUT2D eigenvalue weighted by molar-refractivity contribution is 5.82. The molecule has 0 bridgehead atoms. The van der Waals surface area contributed by atoms with Crippen molar-refractivity contribution in [2.24, 2.45) is 0 Å². The van der Waals surface area contributed by atoms with E-state index in [-0.39, 0.29) is 0 Å². The molecule has 0 saturated carbocycles. The van der Waals surface area contributed by atoms with Crippen LogP contribution < -0.4 is 5.32 Å². The van der Waals surface area contributed by atoms with Gasteiger partial charge < -0.3 is 18.9 Å². The zero-order valence-electron chi connectivity index (χ0n) is 12.1. The van der Waals surface area contributed by atoms with Gasteiger partial charge >= 0.3 is 0 Å². The molecule has 0 fully saturated rings. The van der Waals surface area contributed by atoms with Crippen LogP contribution in [0.2, 0.25) is 0 Å². The number of hydrogen-bond acceptors (Lipinski definition) is 4. The first kappa shape index (κ1) is 13.9. The van der Waals surface area contributed by atoms with Gasteiger partial charge in [-0.15, -0.1) is 0 Å². The average Bonchev–Trinajstić information content (AvgIpc) is 3.13. The molecule has 2 aromatic heterocycles. The van der Waals surface area contributed by atoms with Crippen LogP contribution in [0.1, 0.15) is 24.0 Å². The van der Waals surface area contributed by atoms with E-state index in [2.05, 4.69) is 18.3 Å². The van der Waals surface area contributed by atoms with Crippen molar-refractivity contribution in [3.05, 3.63) is 59.7 Å². The molecule has 4 nitrogen and oxygen atoms in total. The predicted molar refractivity (Wildman–Crippen MR) is 80.8 cm³/mol. The summed E-state index contributed by atoms with van der Waals surface area (Å²) >= 11 is 0. The lowest BCUT2D eigenvalue weighted by molar-refractivity contribution is 0.0806. The quantitative estimate of drug-likeness (QED) is 0.716. The molecule has 21 heavy (non-hydrogen) atoms. The molecule has 1 N–H and O–H groups in total. The minimum Gasteiger partial charge on any atom is -0.467 e. The van der Waals surface area contributed by atoms with Gasteiger partial charge in [0, 0.05) is 17.5 Å². The molecule has 0 spiro atoms. The third kappa shape index (κ3) is 3.17. The molecule has 0 aliphatic rings. The Bertz CT molecular complexity index is 685. The molecule has 4 heteroatoms. The second-order valence-electron chi connectivity index (χ2n) is 4.85. The molecular weight excluding hydrogens is 266 g/mol. The van der Waals surface area contributed by atoms with Gasteiger partial charge in [-0.3, -0.25) is 0 Å². The zero-order valence-corrected chi connectivity index (χ0v) is 12.1. The highest BCUT2D eigenvalue weighted by atomic mass is 16.5. The molecule has 2 heterocycles. The largest absolute Gasteiger partial charge is 0.467 e. The van der Waals surface area contributed by atoms with Crippen LogP contribution in [0.3, 0.4) is 0 Å². The van der Waals surface area contributed by atoms with Gasteiger partial charge in [-0.1, -0.05) is 25.1 Å². The smallest absolute Gasteiger partial charge is 0.135 e. The number of hydrogen-bond donors (Lipinski definition) is 1. The van der Waals surface area contributed by atoms with Gasteiger partial charge in [0.15, 0.2) is 0 Å². The van der Waals surface area contributed by atoms with E-state index in [1.54, 1.807) is 6.26 Å². The topological polar surface area (TPSA) is 47.5 Å². The summed E-state index contributed by atoms with van der Waals surface area (Å²) in [5, 5.41) is 4.50. The van der Waals surface area contributed by atoms with E-state index < -0.39 is 0 Å². The van der Waals surface area contributed by atoms with Crippen molar-refractivity contribution in [1.29, 1.82) is 0 Å². The first-order chi connectivity index (χ1) is 10.4. The summed E-state index contributed by atoms with van der Waals surface area (Å²) in [6.07, 6.45) is 1.65. The van der Waals surface area contributed by atoms with Gasteiger partial charge in [0.1, 0.15) is 30.3 Å². The zero-order chi connectivity index (χ0) is 14.5. The number of rotatable bonds is 7. The molecule has 0 unspecified atom stereocenters. The van der Waals surface area contributed by atoms with Crippen molar-refractivity contribution in [3.63, 3.8) is 0 Å². The summed E-state index contributed by atoms with van der Waals surface area (Å²) in [4.78, 5) is 0. The van der Waals surface area contributed by atoms with Crippen molar-refractivity contribution in [2.45, 2.75) is 26.7 Å². The fourth-order valence-electron chi connectivity index (χ4n) is 2.35. The highest BCUT2D eigenvalue weighted by Crippen LogP contribution is 2.26.